The highest BCUT2D eigenvalue weighted by molar-refractivity contribution is 5.79. The fraction of sp³-hybridized carbons (Fsp3) is 0.733. The van der Waals surface area contributed by atoms with Crippen LogP contribution in [0.1, 0.15) is 32.5 Å². The molecule has 0 N–H and O–H groups in total. The summed E-state index contributed by atoms with van der Waals surface area (Å²) in [7, 11) is 0. The van der Waals surface area contributed by atoms with Crippen LogP contribution in [-0.4, -0.2) is 33.4 Å². The van der Waals surface area contributed by atoms with Gasteiger partial charge in [-0.25, -0.2) is 4.98 Å². The summed E-state index contributed by atoms with van der Waals surface area (Å²) in [6.07, 6.45) is 6.87. The first-order valence-electron chi connectivity index (χ1n) is 7.42. The zero-order valence-corrected chi connectivity index (χ0v) is 11.9. The Labute approximate surface area is 114 Å². The van der Waals surface area contributed by atoms with Crippen LogP contribution in [-0.2, 0) is 17.8 Å². The quantitative estimate of drug-likeness (QED) is 0.775. The predicted molar refractivity (Wildman–Crippen MR) is 73.6 cm³/mol. The lowest BCUT2D eigenvalue weighted by Gasteiger charge is -2.37. The third-order valence-corrected chi connectivity index (χ3v) is 4.48. The van der Waals surface area contributed by atoms with Gasteiger partial charge >= 0.3 is 0 Å². The summed E-state index contributed by atoms with van der Waals surface area (Å²) in [6, 6.07) is 0. The summed E-state index contributed by atoms with van der Waals surface area (Å²) in [5, 5.41) is 0. The summed E-state index contributed by atoms with van der Waals surface area (Å²) in [5.74, 6) is 2.85. The van der Waals surface area contributed by atoms with Gasteiger partial charge in [-0.1, -0.05) is 13.8 Å². The van der Waals surface area contributed by atoms with Crippen molar-refractivity contribution in [2.75, 3.05) is 13.1 Å². The lowest BCUT2D eigenvalue weighted by molar-refractivity contribution is -0.139. The normalized spacial score (nSPS) is 31.1. The molecule has 4 nitrogen and oxygen atoms in total. The van der Waals surface area contributed by atoms with Crippen molar-refractivity contribution < 1.29 is 4.79 Å². The van der Waals surface area contributed by atoms with E-state index in [2.05, 4.69) is 28.3 Å². The third kappa shape index (κ3) is 2.53. The van der Waals surface area contributed by atoms with Gasteiger partial charge in [-0.2, -0.15) is 0 Å². The number of fused-ring (bicyclic) bond motifs is 1. The summed E-state index contributed by atoms with van der Waals surface area (Å²) in [4.78, 5) is 19.1. The van der Waals surface area contributed by atoms with Crippen molar-refractivity contribution in [2.45, 2.75) is 39.7 Å². The Bertz CT molecular complexity index is 458. The van der Waals surface area contributed by atoms with Gasteiger partial charge in [-0.05, 0) is 24.7 Å². The second-order valence-electron chi connectivity index (χ2n) is 6.42. The van der Waals surface area contributed by atoms with Crippen LogP contribution in [0, 0.1) is 17.8 Å². The SMILES string of the molecule is CC1CC(C)CN(C(=O)C2CCn3ccnc3C2)C1. The molecule has 2 aliphatic rings. The highest BCUT2D eigenvalue weighted by atomic mass is 16.2. The Morgan fingerprint density at radius 3 is 2.79 bits per heavy atom. The van der Waals surface area contributed by atoms with Crippen LogP contribution in [0.5, 0.6) is 0 Å². The van der Waals surface area contributed by atoms with Crippen LogP contribution in [0.25, 0.3) is 0 Å². The zero-order valence-electron chi connectivity index (χ0n) is 11.9. The highest BCUT2D eigenvalue weighted by Gasteiger charge is 2.32. The molecular formula is C15H23N3O. The van der Waals surface area contributed by atoms with Crippen LogP contribution >= 0.6 is 0 Å². The molecule has 1 aromatic rings. The number of hydrogen-bond acceptors (Lipinski definition) is 2. The van der Waals surface area contributed by atoms with Gasteiger partial charge in [0.05, 0.1) is 0 Å². The van der Waals surface area contributed by atoms with Gasteiger partial charge in [0.25, 0.3) is 0 Å². The van der Waals surface area contributed by atoms with E-state index in [0.717, 1.165) is 38.3 Å². The van der Waals surface area contributed by atoms with Gasteiger partial charge in [0.1, 0.15) is 5.82 Å². The molecule has 0 aromatic carbocycles. The summed E-state index contributed by atoms with van der Waals surface area (Å²) in [5.41, 5.74) is 0. The minimum atomic E-state index is 0.146. The Kier molecular flexibility index (Phi) is 3.33. The molecule has 1 saturated heterocycles. The Morgan fingerprint density at radius 2 is 2.05 bits per heavy atom. The number of nitrogens with zero attached hydrogens (tertiary/aromatic N) is 3. The van der Waals surface area contributed by atoms with Crippen LogP contribution in [0.3, 0.4) is 0 Å². The van der Waals surface area contributed by atoms with Gasteiger partial charge < -0.3 is 9.47 Å². The van der Waals surface area contributed by atoms with E-state index in [1.807, 2.05) is 12.4 Å². The van der Waals surface area contributed by atoms with E-state index in [-0.39, 0.29) is 5.92 Å². The average Bonchev–Trinajstić information content (AvgIpc) is 2.83. The second kappa shape index (κ2) is 4.99. The molecule has 19 heavy (non-hydrogen) atoms. The average molecular weight is 261 g/mol. The largest absolute Gasteiger partial charge is 0.342 e. The summed E-state index contributed by atoms with van der Waals surface area (Å²) in [6.45, 7) is 7.32. The zero-order chi connectivity index (χ0) is 13.4. The first-order chi connectivity index (χ1) is 9.13. The molecule has 0 aliphatic carbocycles. The molecular weight excluding hydrogens is 238 g/mol. The molecule has 3 atom stereocenters. The lowest BCUT2D eigenvalue weighted by atomic mass is 9.89. The van der Waals surface area contributed by atoms with E-state index in [9.17, 15) is 4.79 Å². The van der Waals surface area contributed by atoms with Crippen molar-refractivity contribution in [3.63, 3.8) is 0 Å². The van der Waals surface area contributed by atoms with Crippen molar-refractivity contribution in [3.05, 3.63) is 18.2 Å². The molecule has 3 heterocycles. The Balaban J connectivity index is 1.68. The molecule has 1 fully saturated rings. The van der Waals surface area contributed by atoms with Crippen molar-refractivity contribution in [1.29, 1.82) is 0 Å². The third-order valence-electron chi connectivity index (χ3n) is 4.48. The number of imidazole rings is 1. The van der Waals surface area contributed by atoms with E-state index in [0.29, 0.717) is 17.7 Å². The molecule has 104 valence electrons. The van der Waals surface area contributed by atoms with E-state index in [1.54, 1.807) is 0 Å². The highest BCUT2D eigenvalue weighted by Crippen LogP contribution is 2.26. The second-order valence-corrected chi connectivity index (χ2v) is 6.42. The fourth-order valence-corrected chi connectivity index (χ4v) is 3.66. The Hall–Kier alpha value is -1.32. The van der Waals surface area contributed by atoms with Gasteiger partial charge in [0.2, 0.25) is 5.91 Å². The van der Waals surface area contributed by atoms with E-state index in [4.69, 9.17) is 0 Å². The minimum Gasteiger partial charge on any atom is -0.342 e. The number of carbonyl (C=O) groups excluding carboxylic acids is 1. The van der Waals surface area contributed by atoms with Crippen LogP contribution < -0.4 is 0 Å². The van der Waals surface area contributed by atoms with Gasteiger partial charge in [-0.15, -0.1) is 0 Å². The van der Waals surface area contributed by atoms with Crippen LogP contribution in [0.4, 0.5) is 0 Å². The number of hydrogen-bond donors (Lipinski definition) is 0. The monoisotopic (exact) mass is 261 g/mol. The van der Waals surface area contributed by atoms with Crippen molar-refractivity contribution in [1.82, 2.24) is 14.5 Å². The van der Waals surface area contributed by atoms with E-state index < -0.39 is 0 Å². The van der Waals surface area contributed by atoms with E-state index in [1.165, 1.54) is 6.42 Å². The van der Waals surface area contributed by atoms with Crippen molar-refractivity contribution in [3.8, 4) is 0 Å². The topological polar surface area (TPSA) is 38.1 Å². The number of piperidine rings is 1. The Morgan fingerprint density at radius 1 is 1.32 bits per heavy atom. The molecule has 4 heteroatoms. The van der Waals surface area contributed by atoms with Crippen LogP contribution in [0.15, 0.2) is 12.4 Å². The standard InChI is InChI=1S/C15H23N3O/c1-11-7-12(2)10-18(9-11)15(19)13-3-5-17-6-4-16-14(17)8-13/h4,6,11-13H,3,5,7-10H2,1-2H3. The number of likely N-dealkylation sites (tertiary alicyclic amines) is 1. The maximum absolute atomic E-state index is 12.7. The minimum absolute atomic E-state index is 0.146. The molecule has 0 radical (unpaired) electrons. The molecule has 2 aliphatic heterocycles. The first-order valence-corrected chi connectivity index (χ1v) is 7.42. The van der Waals surface area contributed by atoms with Gasteiger partial charge in [0.15, 0.2) is 0 Å². The molecule has 0 bridgehead atoms. The van der Waals surface area contributed by atoms with E-state index >= 15 is 0 Å². The predicted octanol–water partition coefficient (Wildman–Crippen LogP) is 1.95. The first kappa shape index (κ1) is 12.7. The summed E-state index contributed by atoms with van der Waals surface area (Å²) < 4.78 is 2.17. The molecule has 0 spiro atoms. The molecule has 3 unspecified atom stereocenters. The molecule has 0 saturated carbocycles. The molecule has 1 amide bonds. The fourth-order valence-electron chi connectivity index (χ4n) is 3.66. The van der Waals surface area contributed by atoms with Crippen molar-refractivity contribution >= 4 is 5.91 Å². The number of amides is 1. The summed E-state index contributed by atoms with van der Waals surface area (Å²) >= 11 is 0. The maximum Gasteiger partial charge on any atom is 0.226 e. The number of aryl methyl sites for hydroxylation is 1. The lowest BCUT2D eigenvalue weighted by Crippen LogP contribution is -2.46. The molecule has 3 rings (SSSR count). The molecule has 1 aromatic heterocycles. The number of carbonyl (C=O) groups is 1. The van der Waals surface area contributed by atoms with Gasteiger partial charge in [0, 0.05) is 44.4 Å². The van der Waals surface area contributed by atoms with Gasteiger partial charge in [-0.3, -0.25) is 4.79 Å². The number of aromatic nitrogens is 2. The van der Waals surface area contributed by atoms with Crippen LogP contribution in [0.2, 0.25) is 0 Å². The van der Waals surface area contributed by atoms with Crippen molar-refractivity contribution in [2.24, 2.45) is 17.8 Å². The smallest absolute Gasteiger partial charge is 0.226 e. The number of rotatable bonds is 1. The maximum atomic E-state index is 12.7.